The Morgan fingerprint density at radius 3 is 1.94 bits per heavy atom. The summed E-state index contributed by atoms with van der Waals surface area (Å²) in [7, 11) is -4.09. The number of sulfonamides is 1. The third-order valence-corrected chi connectivity index (χ3v) is 6.82. The highest BCUT2D eigenvalue weighted by molar-refractivity contribution is 7.89. The number of anilines is 1. The van der Waals surface area contributed by atoms with E-state index in [0.717, 1.165) is 5.56 Å². The van der Waals surface area contributed by atoms with Gasteiger partial charge in [0.25, 0.3) is 0 Å². The van der Waals surface area contributed by atoms with E-state index in [0.29, 0.717) is 16.8 Å². The molecule has 0 aliphatic rings. The Morgan fingerprint density at radius 1 is 0.886 bits per heavy atom. The number of benzene rings is 3. The van der Waals surface area contributed by atoms with Gasteiger partial charge in [-0.25, -0.2) is 17.6 Å². The first-order valence-electron chi connectivity index (χ1n) is 10.7. The standard InChI is InChI=1S/C25H26FN3O5S/c1-16-2-12-21(13-3-16)35(33,34)29-22(14-18-6-10-20(27)11-7-18)24(30)28-23(25(31)32)15-17-4-8-19(26)9-5-17/h2-13,22-23,29H,14-15,27H2,1H3,(H,28,30)(H,31,32)/t22-,23-/m0/s1. The predicted molar refractivity (Wildman–Crippen MR) is 130 cm³/mol. The van der Waals surface area contributed by atoms with Crippen LogP contribution in [0.15, 0.2) is 77.7 Å². The van der Waals surface area contributed by atoms with Crippen LogP contribution in [-0.4, -0.2) is 37.5 Å². The maximum Gasteiger partial charge on any atom is 0.326 e. The van der Waals surface area contributed by atoms with Crippen LogP contribution in [-0.2, 0) is 32.5 Å². The molecule has 1 amide bonds. The van der Waals surface area contributed by atoms with Gasteiger partial charge in [0.2, 0.25) is 15.9 Å². The monoisotopic (exact) mass is 499 g/mol. The minimum atomic E-state index is -4.09. The highest BCUT2D eigenvalue weighted by atomic mass is 32.2. The summed E-state index contributed by atoms with van der Waals surface area (Å²) < 4.78 is 41.5. The molecule has 2 atom stereocenters. The van der Waals surface area contributed by atoms with Gasteiger partial charge in [0.1, 0.15) is 17.9 Å². The number of hydrogen-bond acceptors (Lipinski definition) is 5. The number of rotatable bonds is 10. The van der Waals surface area contributed by atoms with Gasteiger partial charge in [-0.3, -0.25) is 4.79 Å². The Kier molecular flexibility index (Phi) is 8.21. The molecule has 0 unspecified atom stereocenters. The van der Waals surface area contributed by atoms with E-state index in [-0.39, 0.29) is 17.7 Å². The van der Waals surface area contributed by atoms with Crippen molar-refractivity contribution in [3.63, 3.8) is 0 Å². The van der Waals surface area contributed by atoms with E-state index < -0.39 is 39.8 Å². The van der Waals surface area contributed by atoms with Crippen molar-refractivity contribution >= 4 is 27.6 Å². The van der Waals surface area contributed by atoms with Crippen LogP contribution in [0, 0.1) is 12.7 Å². The number of carbonyl (C=O) groups excluding carboxylic acids is 1. The van der Waals surface area contributed by atoms with Crippen molar-refractivity contribution in [3.8, 4) is 0 Å². The number of nitrogen functional groups attached to an aromatic ring is 1. The summed E-state index contributed by atoms with van der Waals surface area (Å²) in [6, 6.07) is 15.2. The second-order valence-corrected chi connectivity index (χ2v) is 9.88. The summed E-state index contributed by atoms with van der Waals surface area (Å²) in [5, 5.41) is 12.0. The Morgan fingerprint density at radius 2 is 1.40 bits per heavy atom. The molecule has 0 bridgehead atoms. The number of carbonyl (C=O) groups is 2. The molecule has 184 valence electrons. The number of carboxylic acid groups (broad SMARTS) is 1. The van der Waals surface area contributed by atoms with Crippen LogP contribution in [0.3, 0.4) is 0 Å². The zero-order valence-corrected chi connectivity index (χ0v) is 19.8. The quantitative estimate of drug-likeness (QED) is 0.316. The minimum absolute atomic E-state index is 0.0284. The lowest BCUT2D eigenvalue weighted by Crippen LogP contribution is -2.53. The summed E-state index contributed by atoms with van der Waals surface area (Å²) in [6.45, 7) is 1.81. The van der Waals surface area contributed by atoms with Crippen LogP contribution in [0.4, 0.5) is 10.1 Å². The first-order chi connectivity index (χ1) is 16.5. The topological polar surface area (TPSA) is 139 Å². The molecular weight excluding hydrogens is 473 g/mol. The Bertz CT molecular complexity index is 1280. The Hall–Kier alpha value is -3.76. The molecule has 0 radical (unpaired) electrons. The van der Waals surface area contributed by atoms with Crippen LogP contribution in [0.2, 0.25) is 0 Å². The zero-order valence-electron chi connectivity index (χ0n) is 18.9. The highest BCUT2D eigenvalue weighted by Crippen LogP contribution is 2.14. The normalized spacial score (nSPS) is 13.1. The van der Waals surface area contributed by atoms with E-state index in [1.165, 1.54) is 36.4 Å². The summed E-state index contributed by atoms with van der Waals surface area (Å²) >= 11 is 0. The largest absolute Gasteiger partial charge is 0.480 e. The maximum atomic E-state index is 13.2. The fraction of sp³-hybridized carbons (Fsp3) is 0.200. The molecule has 0 saturated carbocycles. The number of carboxylic acids is 1. The van der Waals surface area contributed by atoms with Gasteiger partial charge >= 0.3 is 5.97 Å². The Labute approximate surface area is 203 Å². The third kappa shape index (κ3) is 7.36. The van der Waals surface area contributed by atoms with E-state index in [4.69, 9.17) is 5.73 Å². The number of amides is 1. The van der Waals surface area contributed by atoms with Gasteiger partial charge < -0.3 is 16.2 Å². The molecule has 0 aliphatic carbocycles. The van der Waals surface area contributed by atoms with Gasteiger partial charge in [-0.15, -0.1) is 0 Å². The van der Waals surface area contributed by atoms with Gasteiger partial charge in [0, 0.05) is 12.1 Å². The van der Waals surface area contributed by atoms with E-state index in [1.807, 2.05) is 6.92 Å². The highest BCUT2D eigenvalue weighted by Gasteiger charge is 2.29. The fourth-order valence-electron chi connectivity index (χ4n) is 3.38. The van der Waals surface area contributed by atoms with Crippen LogP contribution in [0.5, 0.6) is 0 Å². The first-order valence-corrected chi connectivity index (χ1v) is 12.2. The molecule has 3 rings (SSSR count). The molecule has 3 aromatic rings. The van der Waals surface area contributed by atoms with Crippen molar-refractivity contribution in [2.24, 2.45) is 0 Å². The second kappa shape index (κ2) is 11.1. The number of aryl methyl sites for hydroxylation is 1. The molecule has 0 saturated heterocycles. The minimum Gasteiger partial charge on any atom is -0.480 e. The van der Waals surface area contributed by atoms with Crippen LogP contribution in [0.1, 0.15) is 16.7 Å². The molecule has 3 aromatic carbocycles. The molecule has 0 heterocycles. The van der Waals surface area contributed by atoms with E-state index in [9.17, 15) is 27.5 Å². The van der Waals surface area contributed by atoms with Crippen molar-refractivity contribution in [3.05, 3.63) is 95.3 Å². The SMILES string of the molecule is Cc1ccc(S(=O)(=O)N[C@@H](Cc2ccc(N)cc2)C(=O)N[C@@H](Cc2ccc(F)cc2)C(=O)O)cc1. The third-order valence-electron chi connectivity index (χ3n) is 5.33. The van der Waals surface area contributed by atoms with Gasteiger partial charge in [-0.05, 0) is 60.9 Å². The first kappa shape index (κ1) is 25.9. The van der Waals surface area contributed by atoms with Crippen LogP contribution < -0.4 is 15.8 Å². The number of aliphatic carboxylic acids is 1. The van der Waals surface area contributed by atoms with Gasteiger partial charge in [-0.1, -0.05) is 42.0 Å². The lowest BCUT2D eigenvalue weighted by molar-refractivity contribution is -0.142. The average molecular weight is 500 g/mol. The molecule has 0 spiro atoms. The lowest BCUT2D eigenvalue weighted by atomic mass is 10.0. The molecule has 35 heavy (non-hydrogen) atoms. The van der Waals surface area contributed by atoms with Gasteiger partial charge in [0.15, 0.2) is 0 Å². The number of hydrogen-bond donors (Lipinski definition) is 4. The predicted octanol–water partition coefficient (Wildman–Crippen LogP) is 2.42. The molecule has 0 aromatic heterocycles. The lowest BCUT2D eigenvalue weighted by Gasteiger charge is -2.22. The number of nitrogens with one attached hydrogen (secondary N) is 2. The van der Waals surface area contributed by atoms with Crippen LogP contribution in [0.25, 0.3) is 0 Å². The number of halogens is 1. The van der Waals surface area contributed by atoms with Crippen LogP contribution >= 0.6 is 0 Å². The van der Waals surface area contributed by atoms with E-state index in [2.05, 4.69) is 10.0 Å². The molecular formula is C25H26FN3O5S. The summed E-state index contributed by atoms with van der Waals surface area (Å²) in [4.78, 5) is 24.9. The Balaban J connectivity index is 1.85. The maximum absolute atomic E-state index is 13.2. The molecule has 0 fully saturated rings. The summed E-state index contributed by atoms with van der Waals surface area (Å²) in [5.74, 6) is -2.60. The molecule has 8 nitrogen and oxygen atoms in total. The van der Waals surface area contributed by atoms with E-state index in [1.54, 1.807) is 36.4 Å². The van der Waals surface area contributed by atoms with Crippen molar-refractivity contribution < 1.29 is 27.5 Å². The van der Waals surface area contributed by atoms with Crippen molar-refractivity contribution in [1.29, 1.82) is 0 Å². The second-order valence-electron chi connectivity index (χ2n) is 8.16. The zero-order chi connectivity index (χ0) is 25.6. The van der Waals surface area contributed by atoms with E-state index >= 15 is 0 Å². The van der Waals surface area contributed by atoms with Gasteiger partial charge in [0.05, 0.1) is 4.90 Å². The fourth-order valence-corrected chi connectivity index (χ4v) is 4.57. The van der Waals surface area contributed by atoms with Crippen molar-refractivity contribution in [1.82, 2.24) is 10.0 Å². The summed E-state index contributed by atoms with van der Waals surface area (Å²) in [6.07, 6.45) is -0.152. The van der Waals surface area contributed by atoms with Gasteiger partial charge in [-0.2, -0.15) is 4.72 Å². The average Bonchev–Trinajstić information content (AvgIpc) is 2.81. The molecule has 10 heteroatoms. The molecule has 0 aliphatic heterocycles. The smallest absolute Gasteiger partial charge is 0.326 e. The summed E-state index contributed by atoms with van der Waals surface area (Å²) in [5.41, 5.74) is 8.19. The van der Waals surface area contributed by atoms with Crippen molar-refractivity contribution in [2.75, 3.05) is 5.73 Å². The molecule has 5 N–H and O–H groups in total. The van der Waals surface area contributed by atoms with Crippen molar-refractivity contribution in [2.45, 2.75) is 36.7 Å². The number of nitrogens with two attached hydrogens (primary N) is 1.